The van der Waals surface area contributed by atoms with Gasteiger partial charge in [-0.15, -0.1) is 0 Å². The monoisotopic (exact) mass is 334 g/mol. The Labute approximate surface area is 145 Å². The number of aryl methyl sites for hydroxylation is 1. The minimum atomic E-state index is -0.254. The molecule has 0 unspecified atom stereocenters. The van der Waals surface area contributed by atoms with E-state index < -0.39 is 0 Å². The SMILES string of the molecule is CC(C)CCn1c(-c2ccc(F)cc2)nc2nc3ccccc3nc21. The standard InChI is InChI=1S/C20H19FN4/c1-13(2)11-12-25-19(14-7-9-15(21)10-8-14)24-18-20(25)23-17-6-4-3-5-16(17)22-18/h3-10,13H,11-12H2,1-2H3. The molecule has 0 spiro atoms. The van der Waals surface area contributed by atoms with Crippen molar-refractivity contribution < 1.29 is 4.39 Å². The number of halogens is 1. The van der Waals surface area contributed by atoms with Crippen LogP contribution in [-0.4, -0.2) is 19.5 Å². The summed E-state index contributed by atoms with van der Waals surface area (Å²) < 4.78 is 15.4. The molecule has 0 aliphatic rings. The van der Waals surface area contributed by atoms with Crippen LogP contribution in [0.4, 0.5) is 4.39 Å². The molecule has 2 heterocycles. The maximum absolute atomic E-state index is 13.3. The smallest absolute Gasteiger partial charge is 0.198 e. The van der Waals surface area contributed by atoms with E-state index in [4.69, 9.17) is 9.97 Å². The summed E-state index contributed by atoms with van der Waals surface area (Å²) in [6, 6.07) is 14.2. The molecule has 0 N–H and O–H groups in total. The van der Waals surface area contributed by atoms with Crippen LogP contribution in [0, 0.1) is 11.7 Å². The van der Waals surface area contributed by atoms with Crippen molar-refractivity contribution in [3.63, 3.8) is 0 Å². The van der Waals surface area contributed by atoms with Gasteiger partial charge < -0.3 is 4.57 Å². The van der Waals surface area contributed by atoms with Crippen LogP contribution in [0.25, 0.3) is 33.7 Å². The summed E-state index contributed by atoms with van der Waals surface area (Å²) in [4.78, 5) is 14.2. The third-order valence-corrected chi connectivity index (χ3v) is 4.29. The average molecular weight is 334 g/mol. The minimum absolute atomic E-state index is 0.254. The van der Waals surface area contributed by atoms with E-state index in [9.17, 15) is 4.39 Å². The van der Waals surface area contributed by atoms with Gasteiger partial charge in [-0.2, -0.15) is 0 Å². The average Bonchev–Trinajstić information content (AvgIpc) is 2.96. The number of imidazole rings is 1. The summed E-state index contributed by atoms with van der Waals surface area (Å²) >= 11 is 0. The number of hydrogen-bond donors (Lipinski definition) is 0. The lowest BCUT2D eigenvalue weighted by Crippen LogP contribution is -2.05. The molecule has 4 rings (SSSR count). The van der Waals surface area contributed by atoms with E-state index >= 15 is 0 Å². The van der Waals surface area contributed by atoms with Crippen molar-refractivity contribution in [3.05, 3.63) is 54.3 Å². The van der Waals surface area contributed by atoms with Crippen LogP contribution in [-0.2, 0) is 6.54 Å². The Balaban J connectivity index is 1.94. The lowest BCUT2D eigenvalue weighted by Gasteiger charge is -2.10. The topological polar surface area (TPSA) is 43.6 Å². The van der Waals surface area contributed by atoms with Crippen molar-refractivity contribution in [3.8, 4) is 11.4 Å². The van der Waals surface area contributed by atoms with E-state index in [-0.39, 0.29) is 5.82 Å². The van der Waals surface area contributed by atoms with Crippen molar-refractivity contribution in [1.29, 1.82) is 0 Å². The molecule has 0 aliphatic carbocycles. The predicted molar refractivity (Wildman–Crippen MR) is 97.7 cm³/mol. The van der Waals surface area contributed by atoms with Crippen LogP contribution >= 0.6 is 0 Å². The Bertz CT molecular complexity index is 1030. The first-order valence-corrected chi connectivity index (χ1v) is 8.51. The van der Waals surface area contributed by atoms with Crippen molar-refractivity contribution in [2.24, 2.45) is 5.92 Å². The lowest BCUT2D eigenvalue weighted by atomic mass is 10.1. The van der Waals surface area contributed by atoms with E-state index in [1.165, 1.54) is 12.1 Å². The van der Waals surface area contributed by atoms with Crippen LogP contribution in [0.3, 0.4) is 0 Å². The van der Waals surface area contributed by atoms with Crippen molar-refractivity contribution >= 4 is 22.3 Å². The first kappa shape index (κ1) is 15.7. The zero-order chi connectivity index (χ0) is 17.4. The third-order valence-electron chi connectivity index (χ3n) is 4.29. The molecule has 25 heavy (non-hydrogen) atoms. The van der Waals surface area contributed by atoms with E-state index in [2.05, 4.69) is 23.4 Å². The van der Waals surface area contributed by atoms with Gasteiger partial charge in [-0.05, 0) is 48.7 Å². The number of rotatable bonds is 4. The largest absolute Gasteiger partial charge is 0.307 e. The molecular weight excluding hydrogens is 315 g/mol. The number of hydrogen-bond acceptors (Lipinski definition) is 3. The predicted octanol–water partition coefficient (Wildman–Crippen LogP) is 4.83. The molecule has 2 aromatic carbocycles. The van der Waals surface area contributed by atoms with Gasteiger partial charge in [-0.1, -0.05) is 26.0 Å². The first-order chi connectivity index (χ1) is 12.1. The molecular formula is C20H19FN4. The molecule has 0 aliphatic heterocycles. The Kier molecular flexibility index (Phi) is 3.92. The van der Waals surface area contributed by atoms with Crippen LogP contribution < -0.4 is 0 Å². The van der Waals surface area contributed by atoms with E-state index in [0.717, 1.165) is 41.0 Å². The van der Waals surface area contributed by atoms with Crippen LogP contribution in [0.15, 0.2) is 48.5 Å². The highest BCUT2D eigenvalue weighted by Crippen LogP contribution is 2.25. The normalized spacial score (nSPS) is 11.7. The van der Waals surface area contributed by atoms with Gasteiger partial charge in [0.25, 0.3) is 0 Å². The summed E-state index contributed by atoms with van der Waals surface area (Å²) in [6.07, 6.45) is 1.01. The molecule has 0 saturated heterocycles. The van der Waals surface area contributed by atoms with Gasteiger partial charge in [0.1, 0.15) is 11.6 Å². The fraction of sp³-hybridized carbons (Fsp3) is 0.250. The Hall–Kier alpha value is -2.82. The van der Waals surface area contributed by atoms with E-state index in [1.807, 2.05) is 24.3 Å². The van der Waals surface area contributed by atoms with Gasteiger partial charge in [0, 0.05) is 12.1 Å². The summed E-state index contributed by atoms with van der Waals surface area (Å²) in [7, 11) is 0. The van der Waals surface area contributed by atoms with Gasteiger partial charge in [-0.25, -0.2) is 19.3 Å². The highest BCUT2D eigenvalue weighted by Gasteiger charge is 2.16. The summed E-state index contributed by atoms with van der Waals surface area (Å²) in [5.41, 5.74) is 3.95. The highest BCUT2D eigenvalue weighted by atomic mass is 19.1. The van der Waals surface area contributed by atoms with Crippen LogP contribution in [0.5, 0.6) is 0 Å². The maximum Gasteiger partial charge on any atom is 0.198 e. The number of fused-ring (bicyclic) bond motifs is 2. The number of nitrogens with zero attached hydrogens (tertiary/aromatic N) is 4. The second-order valence-corrected chi connectivity index (χ2v) is 6.64. The number of aromatic nitrogens is 4. The molecule has 4 nitrogen and oxygen atoms in total. The van der Waals surface area contributed by atoms with Crippen LogP contribution in [0.1, 0.15) is 20.3 Å². The molecule has 0 amide bonds. The van der Waals surface area contributed by atoms with Gasteiger partial charge in [0.2, 0.25) is 0 Å². The zero-order valence-electron chi connectivity index (χ0n) is 14.3. The number of para-hydroxylation sites is 2. The molecule has 5 heteroatoms. The van der Waals surface area contributed by atoms with Gasteiger partial charge in [-0.3, -0.25) is 0 Å². The molecule has 126 valence electrons. The molecule has 4 aromatic rings. The zero-order valence-corrected chi connectivity index (χ0v) is 14.3. The van der Waals surface area contributed by atoms with Crippen molar-refractivity contribution in [2.75, 3.05) is 0 Å². The quantitative estimate of drug-likeness (QED) is 0.537. The summed E-state index contributed by atoms with van der Waals surface area (Å²) in [5, 5.41) is 0. The minimum Gasteiger partial charge on any atom is -0.307 e. The second kappa shape index (κ2) is 6.24. The highest BCUT2D eigenvalue weighted by molar-refractivity contribution is 5.84. The fourth-order valence-electron chi connectivity index (χ4n) is 2.92. The van der Waals surface area contributed by atoms with Gasteiger partial charge in [0.05, 0.1) is 11.0 Å². The molecule has 0 saturated carbocycles. The second-order valence-electron chi connectivity index (χ2n) is 6.64. The fourth-order valence-corrected chi connectivity index (χ4v) is 2.92. The Morgan fingerprint density at radius 3 is 2.28 bits per heavy atom. The molecule has 2 aromatic heterocycles. The van der Waals surface area contributed by atoms with Crippen LogP contribution in [0.2, 0.25) is 0 Å². The molecule has 0 radical (unpaired) electrons. The Morgan fingerprint density at radius 2 is 1.60 bits per heavy atom. The summed E-state index contributed by atoms with van der Waals surface area (Å²) in [6.45, 7) is 5.18. The Morgan fingerprint density at radius 1 is 0.920 bits per heavy atom. The van der Waals surface area contributed by atoms with Crippen molar-refractivity contribution in [1.82, 2.24) is 19.5 Å². The lowest BCUT2D eigenvalue weighted by molar-refractivity contribution is 0.524. The molecule has 0 fully saturated rings. The molecule has 0 atom stereocenters. The third kappa shape index (κ3) is 2.97. The summed E-state index contributed by atoms with van der Waals surface area (Å²) in [5.74, 6) is 1.09. The maximum atomic E-state index is 13.3. The van der Waals surface area contributed by atoms with Gasteiger partial charge in [0.15, 0.2) is 11.3 Å². The number of benzene rings is 2. The first-order valence-electron chi connectivity index (χ1n) is 8.51. The van der Waals surface area contributed by atoms with Gasteiger partial charge >= 0.3 is 0 Å². The molecule has 0 bridgehead atoms. The van der Waals surface area contributed by atoms with E-state index in [0.29, 0.717) is 11.6 Å². The van der Waals surface area contributed by atoms with E-state index in [1.54, 1.807) is 12.1 Å². The van der Waals surface area contributed by atoms with Crippen molar-refractivity contribution in [2.45, 2.75) is 26.8 Å².